The van der Waals surface area contributed by atoms with Crippen molar-refractivity contribution in [2.75, 3.05) is 19.3 Å². The number of aryl methyl sites for hydroxylation is 1. The SMILES string of the molecule is CN(CC1(O)CCCC1)S(=O)(=O)CCc1ccccc1. The summed E-state index contributed by atoms with van der Waals surface area (Å²) in [5.41, 5.74) is 0.193. The lowest BCUT2D eigenvalue weighted by Crippen LogP contribution is -2.43. The van der Waals surface area contributed by atoms with Crippen molar-refractivity contribution in [1.29, 1.82) is 0 Å². The summed E-state index contributed by atoms with van der Waals surface area (Å²) in [6.45, 7) is 0.212. The fourth-order valence-corrected chi connectivity index (χ4v) is 3.99. The van der Waals surface area contributed by atoms with Gasteiger partial charge in [0.15, 0.2) is 0 Å². The van der Waals surface area contributed by atoms with Crippen molar-refractivity contribution in [2.45, 2.75) is 37.7 Å². The van der Waals surface area contributed by atoms with Crippen molar-refractivity contribution in [1.82, 2.24) is 4.31 Å². The van der Waals surface area contributed by atoms with Crippen molar-refractivity contribution in [3.05, 3.63) is 35.9 Å². The Hall–Kier alpha value is -0.910. The molecule has 0 spiro atoms. The molecule has 0 heterocycles. The van der Waals surface area contributed by atoms with Crippen LogP contribution in [0.15, 0.2) is 30.3 Å². The van der Waals surface area contributed by atoms with E-state index in [-0.39, 0.29) is 12.3 Å². The van der Waals surface area contributed by atoms with Gasteiger partial charge in [0.05, 0.1) is 11.4 Å². The van der Waals surface area contributed by atoms with Crippen LogP contribution < -0.4 is 0 Å². The Balaban J connectivity index is 1.92. The molecule has 0 amide bonds. The predicted octanol–water partition coefficient (Wildman–Crippen LogP) is 1.80. The molecule has 4 nitrogen and oxygen atoms in total. The molecule has 5 heteroatoms. The normalized spacial score (nSPS) is 18.6. The molecule has 1 aliphatic rings. The molecule has 1 aromatic rings. The zero-order valence-corrected chi connectivity index (χ0v) is 12.8. The molecule has 0 atom stereocenters. The van der Waals surface area contributed by atoms with Crippen LogP contribution in [-0.2, 0) is 16.4 Å². The first kappa shape index (κ1) is 15.5. The number of rotatable bonds is 6. The molecule has 1 aliphatic carbocycles. The number of sulfonamides is 1. The van der Waals surface area contributed by atoms with Crippen molar-refractivity contribution in [2.24, 2.45) is 0 Å². The van der Waals surface area contributed by atoms with Crippen molar-refractivity contribution in [3.8, 4) is 0 Å². The molecule has 0 bridgehead atoms. The summed E-state index contributed by atoms with van der Waals surface area (Å²) < 4.78 is 25.8. The van der Waals surface area contributed by atoms with Gasteiger partial charge in [-0.15, -0.1) is 0 Å². The number of nitrogens with zero attached hydrogens (tertiary/aromatic N) is 1. The standard InChI is InChI=1S/C15H23NO3S/c1-16(13-15(17)10-5-6-11-15)20(18,19)12-9-14-7-3-2-4-8-14/h2-4,7-8,17H,5-6,9-13H2,1H3. The molecule has 20 heavy (non-hydrogen) atoms. The molecule has 0 aromatic heterocycles. The van der Waals surface area contributed by atoms with E-state index in [1.165, 1.54) is 4.31 Å². The first-order chi connectivity index (χ1) is 9.41. The molecule has 112 valence electrons. The molecule has 1 fully saturated rings. The zero-order valence-electron chi connectivity index (χ0n) is 12.0. The van der Waals surface area contributed by atoms with Crippen molar-refractivity contribution < 1.29 is 13.5 Å². The minimum Gasteiger partial charge on any atom is -0.389 e. The van der Waals surface area contributed by atoms with E-state index in [9.17, 15) is 13.5 Å². The third kappa shape index (κ3) is 4.04. The van der Waals surface area contributed by atoms with Crippen LogP contribution >= 0.6 is 0 Å². The maximum absolute atomic E-state index is 12.2. The smallest absolute Gasteiger partial charge is 0.214 e. The summed E-state index contributed by atoms with van der Waals surface area (Å²) in [5.74, 6) is 0.0869. The quantitative estimate of drug-likeness (QED) is 0.871. The van der Waals surface area contributed by atoms with E-state index < -0.39 is 15.6 Å². The first-order valence-electron chi connectivity index (χ1n) is 7.12. The Labute approximate surface area is 121 Å². The van der Waals surface area contributed by atoms with Gasteiger partial charge >= 0.3 is 0 Å². The van der Waals surface area contributed by atoms with Gasteiger partial charge < -0.3 is 5.11 Å². The molecule has 0 radical (unpaired) electrons. The topological polar surface area (TPSA) is 57.6 Å². The Bertz CT molecular complexity index is 521. The Morgan fingerprint density at radius 2 is 1.80 bits per heavy atom. The van der Waals surface area contributed by atoms with E-state index in [1.54, 1.807) is 7.05 Å². The van der Waals surface area contributed by atoms with Gasteiger partial charge in [-0.2, -0.15) is 0 Å². The van der Waals surface area contributed by atoms with E-state index >= 15 is 0 Å². The van der Waals surface area contributed by atoms with Crippen LogP contribution in [0.2, 0.25) is 0 Å². The highest BCUT2D eigenvalue weighted by Gasteiger charge is 2.35. The van der Waals surface area contributed by atoms with Gasteiger partial charge in [0.2, 0.25) is 10.0 Å². The van der Waals surface area contributed by atoms with Gasteiger partial charge in [0.25, 0.3) is 0 Å². The van der Waals surface area contributed by atoms with Crippen LogP contribution in [0.25, 0.3) is 0 Å². The highest BCUT2D eigenvalue weighted by atomic mass is 32.2. The van der Waals surface area contributed by atoms with Gasteiger partial charge in [0.1, 0.15) is 0 Å². The van der Waals surface area contributed by atoms with Crippen LogP contribution in [0, 0.1) is 0 Å². The van der Waals surface area contributed by atoms with E-state index in [0.717, 1.165) is 18.4 Å². The van der Waals surface area contributed by atoms with Gasteiger partial charge in [0, 0.05) is 13.6 Å². The molecule has 2 rings (SSSR count). The third-order valence-corrected chi connectivity index (χ3v) is 5.82. The highest BCUT2D eigenvalue weighted by molar-refractivity contribution is 7.89. The predicted molar refractivity (Wildman–Crippen MR) is 80.0 cm³/mol. The van der Waals surface area contributed by atoms with E-state index in [1.807, 2.05) is 30.3 Å². The van der Waals surface area contributed by atoms with E-state index in [0.29, 0.717) is 19.3 Å². The summed E-state index contributed by atoms with van der Waals surface area (Å²) in [5, 5.41) is 10.3. The molecule has 1 aromatic carbocycles. The third-order valence-electron chi connectivity index (χ3n) is 4.02. The van der Waals surface area contributed by atoms with Gasteiger partial charge in [-0.05, 0) is 24.8 Å². The van der Waals surface area contributed by atoms with Crippen LogP contribution in [0.4, 0.5) is 0 Å². The second-order valence-electron chi connectivity index (χ2n) is 5.74. The maximum Gasteiger partial charge on any atom is 0.214 e. The van der Waals surface area contributed by atoms with Crippen molar-refractivity contribution >= 4 is 10.0 Å². The minimum atomic E-state index is -3.31. The summed E-state index contributed by atoms with van der Waals surface area (Å²) in [4.78, 5) is 0. The maximum atomic E-state index is 12.2. The van der Waals surface area contributed by atoms with Crippen LogP contribution in [0.5, 0.6) is 0 Å². The minimum absolute atomic E-state index is 0.0869. The lowest BCUT2D eigenvalue weighted by Gasteiger charge is -2.28. The monoisotopic (exact) mass is 297 g/mol. The van der Waals surface area contributed by atoms with E-state index in [4.69, 9.17) is 0 Å². The fourth-order valence-electron chi connectivity index (χ4n) is 2.75. The number of hydrogen-bond donors (Lipinski definition) is 1. The lowest BCUT2D eigenvalue weighted by atomic mass is 10.0. The molecule has 0 saturated heterocycles. The second kappa shape index (κ2) is 6.24. The largest absolute Gasteiger partial charge is 0.389 e. The fraction of sp³-hybridized carbons (Fsp3) is 0.600. The summed E-state index contributed by atoms with van der Waals surface area (Å²) in [7, 11) is -1.74. The molecule has 0 aliphatic heterocycles. The molecular formula is C15H23NO3S. The highest BCUT2D eigenvalue weighted by Crippen LogP contribution is 2.30. The second-order valence-corrected chi connectivity index (χ2v) is 7.93. The van der Waals surface area contributed by atoms with Crippen molar-refractivity contribution in [3.63, 3.8) is 0 Å². The number of likely N-dealkylation sites (N-methyl/N-ethyl adjacent to an activating group) is 1. The summed E-state index contributed by atoms with van der Waals surface area (Å²) >= 11 is 0. The van der Waals surface area contributed by atoms with Crippen LogP contribution in [0.1, 0.15) is 31.2 Å². The Kier molecular flexibility index (Phi) is 4.83. The number of benzene rings is 1. The number of aliphatic hydroxyl groups is 1. The summed E-state index contributed by atoms with van der Waals surface area (Å²) in [6.07, 6.45) is 3.87. The van der Waals surface area contributed by atoms with Crippen LogP contribution in [-0.4, -0.2) is 42.8 Å². The number of hydrogen-bond acceptors (Lipinski definition) is 3. The van der Waals surface area contributed by atoms with Gasteiger partial charge in [-0.3, -0.25) is 0 Å². The first-order valence-corrected chi connectivity index (χ1v) is 8.73. The average Bonchev–Trinajstić information content (AvgIpc) is 2.84. The molecular weight excluding hydrogens is 274 g/mol. The van der Waals surface area contributed by atoms with Gasteiger partial charge in [-0.25, -0.2) is 12.7 Å². The average molecular weight is 297 g/mol. The Morgan fingerprint density at radius 3 is 2.40 bits per heavy atom. The summed E-state index contributed by atoms with van der Waals surface area (Å²) in [6, 6.07) is 9.60. The van der Waals surface area contributed by atoms with Gasteiger partial charge in [-0.1, -0.05) is 43.2 Å². The molecule has 0 unspecified atom stereocenters. The molecule has 1 saturated carbocycles. The Morgan fingerprint density at radius 1 is 1.20 bits per heavy atom. The lowest BCUT2D eigenvalue weighted by molar-refractivity contribution is 0.0333. The zero-order chi connectivity index (χ0) is 14.6. The molecule has 1 N–H and O–H groups in total. The van der Waals surface area contributed by atoms with Crippen LogP contribution in [0.3, 0.4) is 0 Å². The van der Waals surface area contributed by atoms with E-state index in [2.05, 4.69) is 0 Å².